The van der Waals surface area contributed by atoms with Crippen molar-refractivity contribution in [1.29, 1.82) is 0 Å². The van der Waals surface area contributed by atoms with E-state index in [0.29, 0.717) is 13.1 Å². The molecule has 0 N–H and O–H groups in total. The van der Waals surface area contributed by atoms with Gasteiger partial charge in [-0.1, -0.05) is 6.92 Å². The highest BCUT2D eigenvalue weighted by Gasteiger charge is 2.52. The van der Waals surface area contributed by atoms with E-state index >= 15 is 0 Å². The zero-order valence-electron chi connectivity index (χ0n) is 18.5. The second-order valence-corrected chi connectivity index (χ2v) is 9.80. The minimum atomic E-state index is -0.483. The summed E-state index contributed by atoms with van der Waals surface area (Å²) >= 11 is 0. The molecule has 1 amide bonds. The summed E-state index contributed by atoms with van der Waals surface area (Å²) in [6.45, 7) is 17.2. The van der Waals surface area contributed by atoms with Gasteiger partial charge < -0.3 is 23.5 Å². The molecule has 2 saturated heterocycles. The highest BCUT2D eigenvalue weighted by Crippen LogP contribution is 2.36. The summed E-state index contributed by atoms with van der Waals surface area (Å²) in [4.78, 5) is 19.0. The number of imidazole rings is 1. The van der Waals surface area contributed by atoms with Crippen LogP contribution in [0, 0.1) is 0 Å². The van der Waals surface area contributed by atoms with Gasteiger partial charge in [0.2, 0.25) is 0 Å². The molecule has 0 radical (unpaired) electrons. The molecule has 1 aromatic heterocycles. The third-order valence-electron chi connectivity index (χ3n) is 5.85. The fourth-order valence-corrected chi connectivity index (χ4v) is 3.57. The van der Waals surface area contributed by atoms with E-state index < -0.39 is 23.9 Å². The fourth-order valence-electron chi connectivity index (χ4n) is 3.57. The predicted octanol–water partition coefficient (Wildman–Crippen LogP) is 2.93. The number of rotatable bonds is 3. The standard InChI is InChI=1S/C20H34BN3O4/c1-9-16-22-15(21-27-19(5,6)20(7,8)28-21)13-24(16)14-10-11-23(12-14)17(25)26-18(2,3)4/h13-14H,9-12H2,1-8H3. The van der Waals surface area contributed by atoms with Crippen LogP contribution in [0.3, 0.4) is 0 Å². The number of aromatic nitrogens is 2. The molecule has 1 unspecified atom stereocenters. The van der Waals surface area contributed by atoms with E-state index in [4.69, 9.17) is 19.0 Å². The van der Waals surface area contributed by atoms with E-state index in [1.165, 1.54) is 0 Å². The van der Waals surface area contributed by atoms with Crippen LogP contribution in [0.25, 0.3) is 0 Å². The quantitative estimate of drug-likeness (QED) is 0.742. The van der Waals surface area contributed by atoms with Crippen LogP contribution in [0.5, 0.6) is 0 Å². The van der Waals surface area contributed by atoms with Gasteiger partial charge in [-0.2, -0.15) is 0 Å². The van der Waals surface area contributed by atoms with Crippen LogP contribution in [0.1, 0.15) is 73.7 Å². The largest absolute Gasteiger partial charge is 0.516 e. The highest BCUT2D eigenvalue weighted by molar-refractivity contribution is 6.61. The summed E-state index contributed by atoms with van der Waals surface area (Å²) in [6.07, 6.45) is 3.47. The third-order valence-corrected chi connectivity index (χ3v) is 5.85. The summed E-state index contributed by atoms with van der Waals surface area (Å²) in [6, 6.07) is 0.186. The van der Waals surface area contributed by atoms with E-state index in [2.05, 4.69) is 11.5 Å². The molecular weight excluding hydrogens is 357 g/mol. The highest BCUT2D eigenvalue weighted by atomic mass is 16.7. The second-order valence-electron chi connectivity index (χ2n) is 9.80. The van der Waals surface area contributed by atoms with E-state index in [-0.39, 0.29) is 12.1 Å². The maximum absolute atomic E-state index is 12.4. The molecular formula is C20H34BN3O4. The predicted molar refractivity (Wildman–Crippen MR) is 109 cm³/mol. The maximum atomic E-state index is 12.4. The van der Waals surface area contributed by atoms with Crippen LogP contribution in [-0.4, -0.2) is 57.6 Å². The maximum Gasteiger partial charge on any atom is 0.516 e. The first kappa shape index (κ1) is 21.2. The molecule has 0 aromatic carbocycles. The van der Waals surface area contributed by atoms with Crippen molar-refractivity contribution in [1.82, 2.24) is 14.5 Å². The van der Waals surface area contributed by atoms with Gasteiger partial charge in [0.15, 0.2) is 0 Å². The van der Waals surface area contributed by atoms with Gasteiger partial charge in [0.25, 0.3) is 0 Å². The molecule has 2 fully saturated rings. The Morgan fingerprint density at radius 1 is 1.29 bits per heavy atom. The van der Waals surface area contributed by atoms with Crippen molar-refractivity contribution >= 4 is 18.8 Å². The molecule has 1 atom stereocenters. The topological polar surface area (TPSA) is 65.8 Å². The minimum Gasteiger partial charge on any atom is -0.444 e. The van der Waals surface area contributed by atoms with Crippen molar-refractivity contribution in [2.24, 2.45) is 0 Å². The van der Waals surface area contributed by atoms with Crippen LogP contribution in [0.4, 0.5) is 4.79 Å². The zero-order valence-corrected chi connectivity index (χ0v) is 18.5. The van der Waals surface area contributed by atoms with Gasteiger partial charge in [-0.3, -0.25) is 0 Å². The number of amides is 1. The second kappa shape index (κ2) is 7.06. The van der Waals surface area contributed by atoms with Crippen LogP contribution in [0.15, 0.2) is 6.20 Å². The molecule has 28 heavy (non-hydrogen) atoms. The van der Waals surface area contributed by atoms with Crippen LogP contribution < -0.4 is 5.59 Å². The molecule has 3 heterocycles. The van der Waals surface area contributed by atoms with Crippen molar-refractivity contribution in [2.45, 2.75) is 91.1 Å². The number of aryl methyl sites for hydroxylation is 1. The fraction of sp³-hybridized carbons (Fsp3) is 0.800. The first-order valence-electron chi connectivity index (χ1n) is 10.2. The lowest BCUT2D eigenvalue weighted by Gasteiger charge is -2.32. The van der Waals surface area contributed by atoms with Gasteiger partial charge in [-0.15, -0.1) is 0 Å². The van der Waals surface area contributed by atoms with Gasteiger partial charge in [0, 0.05) is 25.7 Å². The average molecular weight is 391 g/mol. The lowest BCUT2D eigenvalue weighted by molar-refractivity contribution is 0.00578. The first-order chi connectivity index (χ1) is 12.8. The summed E-state index contributed by atoms with van der Waals surface area (Å²) in [5.74, 6) is 0.987. The Morgan fingerprint density at radius 2 is 1.89 bits per heavy atom. The molecule has 0 spiro atoms. The van der Waals surface area contributed by atoms with E-state index in [9.17, 15) is 4.79 Å². The van der Waals surface area contributed by atoms with Crippen molar-refractivity contribution < 1.29 is 18.8 Å². The lowest BCUT2D eigenvalue weighted by Crippen LogP contribution is -2.41. The van der Waals surface area contributed by atoms with Crippen molar-refractivity contribution in [3.05, 3.63) is 12.0 Å². The van der Waals surface area contributed by atoms with Gasteiger partial charge in [0.05, 0.1) is 22.8 Å². The normalized spacial score (nSPS) is 24.1. The Labute approximate surface area is 168 Å². The zero-order chi connectivity index (χ0) is 20.9. The summed E-state index contributed by atoms with van der Waals surface area (Å²) < 4.78 is 20.0. The van der Waals surface area contributed by atoms with Crippen LogP contribution >= 0.6 is 0 Å². The number of hydrogen-bond donors (Lipinski definition) is 0. The number of carbonyl (C=O) groups is 1. The monoisotopic (exact) mass is 391 g/mol. The van der Waals surface area contributed by atoms with Gasteiger partial charge in [0.1, 0.15) is 11.4 Å². The van der Waals surface area contributed by atoms with Crippen molar-refractivity contribution in [3.8, 4) is 0 Å². The van der Waals surface area contributed by atoms with Crippen LogP contribution in [0.2, 0.25) is 0 Å². The van der Waals surface area contributed by atoms with Gasteiger partial charge in [-0.05, 0) is 54.9 Å². The van der Waals surface area contributed by atoms with Gasteiger partial charge in [-0.25, -0.2) is 9.78 Å². The van der Waals surface area contributed by atoms with E-state index in [1.807, 2.05) is 54.7 Å². The van der Waals surface area contributed by atoms with Crippen molar-refractivity contribution in [2.75, 3.05) is 13.1 Å². The minimum absolute atomic E-state index is 0.186. The summed E-state index contributed by atoms with van der Waals surface area (Å²) in [5, 5.41) is 0. The van der Waals surface area contributed by atoms with E-state index in [0.717, 1.165) is 24.3 Å². The van der Waals surface area contributed by atoms with Crippen LogP contribution in [-0.2, 0) is 20.5 Å². The smallest absolute Gasteiger partial charge is 0.444 e. The van der Waals surface area contributed by atoms with Gasteiger partial charge >= 0.3 is 13.2 Å². The summed E-state index contributed by atoms with van der Waals surface area (Å²) in [5.41, 5.74) is -0.474. The molecule has 0 saturated carbocycles. The lowest BCUT2D eigenvalue weighted by atomic mass is 9.86. The number of hydrogen-bond acceptors (Lipinski definition) is 5. The number of carbonyl (C=O) groups excluding carboxylic acids is 1. The summed E-state index contributed by atoms with van der Waals surface area (Å²) in [7, 11) is -0.472. The Bertz CT molecular complexity index is 722. The molecule has 8 heteroatoms. The van der Waals surface area contributed by atoms with Crippen molar-refractivity contribution in [3.63, 3.8) is 0 Å². The number of nitrogens with zero attached hydrogens (tertiary/aromatic N) is 3. The molecule has 7 nitrogen and oxygen atoms in total. The Hall–Kier alpha value is -1.54. The van der Waals surface area contributed by atoms with E-state index in [1.54, 1.807) is 4.90 Å². The Morgan fingerprint density at radius 3 is 2.43 bits per heavy atom. The number of ether oxygens (including phenoxy) is 1. The molecule has 3 rings (SSSR count). The molecule has 1 aromatic rings. The molecule has 0 bridgehead atoms. The third kappa shape index (κ3) is 4.08. The SMILES string of the molecule is CCc1nc(B2OC(C)(C)C(C)(C)O2)cn1C1CCN(C(=O)OC(C)(C)C)C1. The first-order valence-corrected chi connectivity index (χ1v) is 10.2. The molecule has 156 valence electrons. The Balaban J connectivity index is 1.75. The Kier molecular flexibility index (Phi) is 5.34. The molecule has 2 aliphatic heterocycles. The average Bonchev–Trinajstić information content (AvgIpc) is 3.22. The molecule has 2 aliphatic rings. The molecule has 0 aliphatic carbocycles. The number of likely N-dealkylation sites (tertiary alicyclic amines) is 1.